The van der Waals surface area contributed by atoms with E-state index in [4.69, 9.17) is 14.6 Å². The summed E-state index contributed by atoms with van der Waals surface area (Å²) in [5, 5.41) is 22.2. The molecule has 8 heteroatoms. The van der Waals surface area contributed by atoms with Crippen LogP contribution in [0.4, 0.5) is 0 Å². The fraction of sp³-hybridized carbons (Fsp3) is 0.227. The first-order valence-corrected chi connectivity index (χ1v) is 9.28. The average molecular weight is 410 g/mol. The number of fused-ring (bicyclic) bond motifs is 1. The lowest BCUT2D eigenvalue weighted by molar-refractivity contribution is -0.135. The molecule has 0 saturated carbocycles. The van der Waals surface area contributed by atoms with Crippen LogP contribution in [0, 0.1) is 0 Å². The normalized spacial score (nSPS) is 10.8. The van der Waals surface area contributed by atoms with Gasteiger partial charge in [0.1, 0.15) is 18.0 Å². The minimum atomic E-state index is -1.21. The molecule has 156 valence electrons. The van der Waals surface area contributed by atoms with Gasteiger partial charge in [0.15, 0.2) is 11.4 Å². The van der Waals surface area contributed by atoms with Crippen LogP contribution in [-0.2, 0) is 4.79 Å². The van der Waals surface area contributed by atoms with Crippen molar-refractivity contribution in [2.75, 3.05) is 13.7 Å². The summed E-state index contributed by atoms with van der Waals surface area (Å²) in [4.78, 5) is 26.9. The lowest BCUT2D eigenvalue weighted by Crippen LogP contribution is -2.30. The first-order chi connectivity index (χ1) is 14.3. The average Bonchev–Trinajstić information content (AvgIpc) is 2.72. The van der Waals surface area contributed by atoms with Crippen LogP contribution in [0.25, 0.3) is 10.8 Å². The molecule has 8 nitrogen and oxygen atoms in total. The molecular weight excluding hydrogens is 388 g/mol. The van der Waals surface area contributed by atoms with Gasteiger partial charge in [-0.05, 0) is 41.8 Å². The van der Waals surface area contributed by atoms with Crippen molar-refractivity contribution in [1.82, 2.24) is 10.3 Å². The van der Waals surface area contributed by atoms with Crippen LogP contribution in [-0.4, -0.2) is 40.7 Å². The van der Waals surface area contributed by atoms with E-state index >= 15 is 0 Å². The minimum Gasteiger partial charge on any atom is -0.505 e. The van der Waals surface area contributed by atoms with E-state index in [0.717, 1.165) is 5.56 Å². The monoisotopic (exact) mass is 410 g/mol. The second-order valence-electron chi connectivity index (χ2n) is 6.93. The summed E-state index contributed by atoms with van der Waals surface area (Å²) in [6.07, 6.45) is 0. The molecule has 0 aliphatic heterocycles. The molecule has 2 aromatic carbocycles. The number of pyridine rings is 1. The van der Waals surface area contributed by atoms with E-state index in [1.54, 1.807) is 18.2 Å². The van der Waals surface area contributed by atoms with Crippen LogP contribution in [0.2, 0.25) is 0 Å². The zero-order chi connectivity index (χ0) is 21.8. The predicted molar refractivity (Wildman–Crippen MR) is 111 cm³/mol. The summed E-state index contributed by atoms with van der Waals surface area (Å²) in [7, 11) is 1.39. The van der Waals surface area contributed by atoms with Gasteiger partial charge in [0.05, 0.1) is 12.5 Å². The van der Waals surface area contributed by atoms with E-state index in [2.05, 4.69) is 24.1 Å². The van der Waals surface area contributed by atoms with Crippen molar-refractivity contribution in [2.45, 2.75) is 19.8 Å². The van der Waals surface area contributed by atoms with Gasteiger partial charge in [0, 0.05) is 5.39 Å². The van der Waals surface area contributed by atoms with E-state index in [1.807, 2.05) is 24.3 Å². The number of rotatable bonds is 7. The highest BCUT2D eigenvalue weighted by atomic mass is 16.5. The standard InChI is InChI=1S/C22H22N2O6/c1-12(2)13-5-4-6-14(9-13)30-15-7-8-16-17(10-15)22(29-3)24-19(20(16)27)21(28)23-11-18(25)26/h4-10,12,27H,11H2,1-3H3,(H,23,28)(H,25,26). The summed E-state index contributed by atoms with van der Waals surface area (Å²) in [5.74, 6) is -0.768. The molecule has 0 bridgehead atoms. The zero-order valence-corrected chi connectivity index (χ0v) is 16.8. The van der Waals surface area contributed by atoms with Crippen LogP contribution in [0.15, 0.2) is 42.5 Å². The predicted octanol–water partition coefficient (Wildman–Crippen LogP) is 3.68. The topological polar surface area (TPSA) is 118 Å². The second-order valence-corrected chi connectivity index (χ2v) is 6.93. The number of nitrogens with one attached hydrogen (secondary N) is 1. The van der Waals surface area contributed by atoms with Gasteiger partial charge in [0.2, 0.25) is 5.88 Å². The molecule has 0 atom stereocenters. The number of aromatic nitrogens is 1. The van der Waals surface area contributed by atoms with Crippen LogP contribution < -0.4 is 14.8 Å². The Morgan fingerprint density at radius 1 is 1.10 bits per heavy atom. The number of benzene rings is 2. The van der Waals surface area contributed by atoms with Crippen LogP contribution in [0.3, 0.4) is 0 Å². The first-order valence-electron chi connectivity index (χ1n) is 9.28. The zero-order valence-electron chi connectivity index (χ0n) is 16.8. The molecule has 1 heterocycles. The van der Waals surface area contributed by atoms with Gasteiger partial charge < -0.3 is 25.0 Å². The van der Waals surface area contributed by atoms with Gasteiger partial charge >= 0.3 is 5.97 Å². The number of carbonyl (C=O) groups is 2. The Morgan fingerprint density at radius 3 is 2.50 bits per heavy atom. The number of aromatic hydroxyl groups is 1. The lowest BCUT2D eigenvalue weighted by Gasteiger charge is -2.13. The van der Waals surface area contributed by atoms with Gasteiger partial charge in [0.25, 0.3) is 5.91 Å². The minimum absolute atomic E-state index is 0.102. The number of nitrogens with zero attached hydrogens (tertiary/aromatic N) is 1. The maximum absolute atomic E-state index is 12.2. The Hall–Kier alpha value is -3.81. The first kappa shape index (κ1) is 20.9. The Bertz CT molecular complexity index is 1110. The number of ether oxygens (including phenoxy) is 2. The van der Waals surface area contributed by atoms with E-state index < -0.39 is 18.4 Å². The molecule has 0 radical (unpaired) electrons. The fourth-order valence-corrected chi connectivity index (χ4v) is 2.94. The number of aliphatic carboxylic acids is 1. The highest BCUT2D eigenvalue weighted by Gasteiger charge is 2.20. The van der Waals surface area contributed by atoms with Crippen molar-refractivity contribution < 1.29 is 29.3 Å². The fourth-order valence-electron chi connectivity index (χ4n) is 2.94. The lowest BCUT2D eigenvalue weighted by atomic mass is 10.0. The molecule has 3 N–H and O–H groups in total. The number of hydrogen-bond donors (Lipinski definition) is 3. The maximum Gasteiger partial charge on any atom is 0.322 e. The number of methoxy groups -OCH3 is 1. The van der Waals surface area contributed by atoms with E-state index in [-0.39, 0.29) is 17.3 Å². The summed E-state index contributed by atoms with van der Waals surface area (Å²) in [6, 6.07) is 12.6. The van der Waals surface area contributed by atoms with Crippen molar-refractivity contribution >= 4 is 22.6 Å². The number of carbonyl (C=O) groups excluding carboxylic acids is 1. The third-order valence-corrected chi connectivity index (χ3v) is 4.48. The highest BCUT2D eigenvalue weighted by Crippen LogP contribution is 2.37. The van der Waals surface area contributed by atoms with Crippen molar-refractivity contribution in [3.05, 3.63) is 53.7 Å². The van der Waals surface area contributed by atoms with Crippen LogP contribution in [0.1, 0.15) is 35.8 Å². The number of carboxylic acid groups (broad SMARTS) is 1. The molecule has 0 aliphatic rings. The molecule has 0 spiro atoms. The molecule has 1 aromatic heterocycles. The molecule has 3 aromatic rings. The molecule has 3 rings (SSSR count). The molecule has 30 heavy (non-hydrogen) atoms. The summed E-state index contributed by atoms with van der Waals surface area (Å²) in [6.45, 7) is 3.60. The Morgan fingerprint density at radius 2 is 1.83 bits per heavy atom. The quantitative estimate of drug-likeness (QED) is 0.544. The largest absolute Gasteiger partial charge is 0.505 e. The second kappa shape index (κ2) is 8.69. The molecule has 0 fully saturated rings. The highest BCUT2D eigenvalue weighted by molar-refractivity contribution is 6.04. The van der Waals surface area contributed by atoms with Gasteiger partial charge in [-0.25, -0.2) is 4.98 Å². The molecular formula is C22H22N2O6. The Labute approximate surface area is 173 Å². The van der Waals surface area contributed by atoms with Gasteiger partial charge in [-0.15, -0.1) is 0 Å². The molecule has 1 amide bonds. The van der Waals surface area contributed by atoms with E-state index in [9.17, 15) is 14.7 Å². The van der Waals surface area contributed by atoms with Gasteiger partial charge in [-0.2, -0.15) is 0 Å². The SMILES string of the molecule is COc1nc(C(=O)NCC(=O)O)c(O)c2ccc(Oc3cccc(C(C)C)c3)cc12. The molecule has 0 saturated heterocycles. The van der Waals surface area contributed by atoms with E-state index in [1.165, 1.54) is 7.11 Å². The van der Waals surface area contributed by atoms with Crippen molar-refractivity contribution in [3.8, 4) is 23.1 Å². The maximum atomic E-state index is 12.2. The van der Waals surface area contributed by atoms with E-state index in [0.29, 0.717) is 28.2 Å². The summed E-state index contributed by atoms with van der Waals surface area (Å²) in [5.41, 5.74) is 0.820. The smallest absolute Gasteiger partial charge is 0.322 e. The summed E-state index contributed by atoms with van der Waals surface area (Å²) >= 11 is 0. The number of hydrogen-bond acceptors (Lipinski definition) is 6. The number of carboxylic acids is 1. The van der Waals surface area contributed by atoms with Gasteiger partial charge in [-0.1, -0.05) is 26.0 Å². The van der Waals surface area contributed by atoms with Crippen LogP contribution in [0.5, 0.6) is 23.1 Å². The van der Waals surface area contributed by atoms with Crippen molar-refractivity contribution in [2.24, 2.45) is 0 Å². The van der Waals surface area contributed by atoms with Crippen LogP contribution >= 0.6 is 0 Å². The molecule has 0 unspecified atom stereocenters. The van der Waals surface area contributed by atoms with Gasteiger partial charge in [-0.3, -0.25) is 9.59 Å². The number of amides is 1. The third kappa shape index (κ3) is 4.43. The summed E-state index contributed by atoms with van der Waals surface area (Å²) < 4.78 is 11.2. The van der Waals surface area contributed by atoms with Crippen molar-refractivity contribution in [3.63, 3.8) is 0 Å². The molecule has 0 aliphatic carbocycles. The third-order valence-electron chi connectivity index (χ3n) is 4.48. The Balaban J connectivity index is 1.98. The van der Waals surface area contributed by atoms with Crippen molar-refractivity contribution in [1.29, 1.82) is 0 Å². The Kier molecular flexibility index (Phi) is 6.06.